The lowest BCUT2D eigenvalue weighted by atomic mass is 10.2. The summed E-state index contributed by atoms with van der Waals surface area (Å²) in [7, 11) is -3.94. The van der Waals surface area contributed by atoms with Gasteiger partial charge in [-0.2, -0.15) is 18.4 Å². The molecule has 0 spiro atoms. The lowest BCUT2D eigenvalue weighted by Crippen LogP contribution is -2.36. The Labute approximate surface area is 208 Å². The van der Waals surface area contributed by atoms with Gasteiger partial charge in [0.15, 0.2) is 0 Å². The smallest absolute Gasteiger partial charge is 0.345 e. The molecule has 1 heterocycles. The van der Waals surface area contributed by atoms with E-state index >= 15 is 0 Å². The molecule has 0 fully saturated rings. The summed E-state index contributed by atoms with van der Waals surface area (Å²) in [5, 5.41) is 14.9. The maximum Gasteiger partial charge on any atom is 0.492 e. The number of hydrogen-bond donors (Lipinski definition) is 2. The Morgan fingerprint density at radius 2 is 1.72 bits per heavy atom. The molecule has 0 unspecified atom stereocenters. The molecule has 188 valence electrons. The van der Waals surface area contributed by atoms with Crippen LogP contribution in [-0.2, 0) is 19.7 Å². The molecule has 0 saturated carbocycles. The molecule has 0 aliphatic heterocycles. The highest BCUT2D eigenvalue weighted by atomic mass is 32.2. The number of halogens is 3. The van der Waals surface area contributed by atoms with E-state index in [1.165, 1.54) is 36.3 Å². The Morgan fingerprint density at radius 3 is 2.31 bits per heavy atom. The number of anilines is 4. The standard InChI is InChI=1S/C21H17F3N6O4S2/c1-30(34-20(31)21(22,23)24)36(32,33)15-7-8-17(35-2)16(9-15)29-19-10-18(26-12-27-19)28-14-5-3-13(11-25)4-6-14/h3-10,12H,1-2H3,(H2,26,27,28,29). The summed E-state index contributed by atoms with van der Waals surface area (Å²) in [6.07, 6.45) is -2.36. The molecule has 36 heavy (non-hydrogen) atoms. The second-order valence-corrected chi connectivity index (χ2v) is 9.66. The van der Waals surface area contributed by atoms with Gasteiger partial charge in [-0.25, -0.2) is 23.2 Å². The summed E-state index contributed by atoms with van der Waals surface area (Å²) in [6.45, 7) is 0. The maximum atomic E-state index is 12.7. The van der Waals surface area contributed by atoms with Crippen LogP contribution in [0.4, 0.5) is 36.2 Å². The van der Waals surface area contributed by atoms with Crippen LogP contribution in [0, 0.1) is 11.3 Å². The Hall–Kier alpha value is -3.87. The molecule has 10 nitrogen and oxygen atoms in total. The highest BCUT2D eigenvalue weighted by Crippen LogP contribution is 2.32. The van der Waals surface area contributed by atoms with Crippen molar-refractivity contribution < 1.29 is 31.2 Å². The fraction of sp³-hybridized carbons (Fsp3) is 0.143. The zero-order valence-corrected chi connectivity index (χ0v) is 20.2. The van der Waals surface area contributed by atoms with Crippen LogP contribution in [0.5, 0.6) is 0 Å². The molecule has 0 aliphatic rings. The van der Waals surface area contributed by atoms with Crippen molar-refractivity contribution in [1.82, 2.24) is 14.4 Å². The topological polar surface area (TPSA) is 137 Å². The van der Waals surface area contributed by atoms with E-state index in [4.69, 9.17) is 5.26 Å². The third-order valence-electron chi connectivity index (χ3n) is 4.47. The molecule has 15 heteroatoms. The van der Waals surface area contributed by atoms with Crippen molar-refractivity contribution in [1.29, 1.82) is 5.26 Å². The Balaban J connectivity index is 1.85. The first kappa shape index (κ1) is 26.7. The fourth-order valence-electron chi connectivity index (χ4n) is 2.72. The number of hydrogen-bond acceptors (Lipinski definition) is 10. The zero-order chi connectivity index (χ0) is 26.5. The number of nitrogens with one attached hydrogen (secondary N) is 2. The van der Waals surface area contributed by atoms with Gasteiger partial charge in [0.05, 0.1) is 22.2 Å². The van der Waals surface area contributed by atoms with Gasteiger partial charge in [0.25, 0.3) is 10.0 Å². The molecule has 3 aromatic rings. The van der Waals surface area contributed by atoms with Gasteiger partial charge < -0.3 is 15.5 Å². The van der Waals surface area contributed by atoms with Crippen LogP contribution in [-0.4, -0.2) is 48.3 Å². The number of aromatic nitrogens is 2. The Bertz CT molecular complexity index is 1410. The SMILES string of the molecule is CSc1ccc(S(=O)(=O)N(C)OC(=O)C(F)(F)F)cc1Nc1cc(Nc2ccc(C#N)cc2)ncn1. The normalized spacial score (nSPS) is 11.6. The van der Waals surface area contributed by atoms with Gasteiger partial charge >= 0.3 is 12.1 Å². The van der Waals surface area contributed by atoms with Gasteiger partial charge in [-0.1, -0.05) is 0 Å². The Morgan fingerprint density at radius 1 is 1.08 bits per heavy atom. The van der Waals surface area contributed by atoms with Crippen LogP contribution in [0.1, 0.15) is 5.56 Å². The molecule has 0 atom stereocenters. The summed E-state index contributed by atoms with van der Waals surface area (Å²) >= 11 is 1.28. The summed E-state index contributed by atoms with van der Waals surface area (Å²) in [5.41, 5.74) is 1.43. The van der Waals surface area contributed by atoms with Gasteiger partial charge in [0.1, 0.15) is 18.0 Å². The number of nitriles is 1. The number of carbonyl (C=O) groups excluding carboxylic acids is 1. The summed E-state index contributed by atoms with van der Waals surface area (Å²) in [5.74, 6) is -2.00. The van der Waals surface area contributed by atoms with Crippen LogP contribution in [0.25, 0.3) is 0 Å². The highest BCUT2D eigenvalue weighted by molar-refractivity contribution is 7.98. The van der Waals surface area contributed by atoms with Crippen LogP contribution >= 0.6 is 11.8 Å². The number of thioether (sulfide) groups is 1. The van der Waals surface area contributed by atoms with E-state index in [1.54, 1.807) is 36.6 Å². The average molecular weight is 539 g/mol. The predicted octanol–water partition coefficient (Wildman–Crippen LogP) is 4.20. The third kappa shape index (κ3) is 6.42. The molecule has 0 saturated heterocycles. The fourth-order valence-corrected chi connectivity index (χ4v) is 4.22. The summed E-state index contributed by atoms with van der Waals surface area (Å²) in [6, 6.07) is 14.0. The minimum Gasteiger partial charge on any atom is -0.345 e. The predicted molar refractivity (Wildman–Crippen MR) is 125 cm³/mol. The minimum absolute atomic E-state index is 0.148. The molecule has 1 aromatic heterocycles. The second kappa shape index (κ2) is 10.8. The van der Waals surface area contributed by atoms with E-state index in [2.05, 4.69) is 25.4 Å². The highest BCUT2D eigenvalue weighted by Gasteiger charge is 2.43. The van der Waals surface area contributed by atoms with E-state index < -0.39 is 27.1 Å². The lowest BCUT2D eigenvalue weighted by Gasteiger charge is -2.18. The van der Waals surface area contributed by atoms with E-state index in [-0.39, 0.29) is 16.0 Å². The van der Waals surface area contributed by atoms with E-state index in [9.17, 15) is 26.4 Å². The molecule has 0 bridgehead atoms. The molecule has 3 rings (SSSR count). The first-order valence-corrected chi connectivity index (χ1v) is 12.4. The third-order valence-corrected chi connectivity index (χ3v) is 6.86. The maximum absolute atomic E-state index is 12.7. The molecular formula is C21H17F3N6O4S2. The molecule has 0 amide bonds. The molecular weight excluding hydrogens is 521 g/mol. The summed E-state index contributed by atoms with van der Waals surface area (Å²) in [4.78, 5) is 23.4. The summed E-state index contributed by atoms with van der Waals surface area (Å²) < 4.78 is 62.7. The number of sulfonamides is 1. The average Bonchev–Trinajstić information content (AvgIpc) is 2.84. The van der Waals surface area contributed by atoms with Crippen molar-refractivity contribution in [2.75, 3.05) is 23.9 Å². The largest absolute Gasteiger partial charge is 0.492 e. The molecule has 2 aromatic carbocycles. The number of nitrogens with zero attached hydrogens (tertiary/aromatic N) is 4. The Kier molecular flexibility index (Phi) is 8.03. The van der Waals surface area contributed by atoms with Crippen LogP contribution in [0.2, 0.25) is 0 Å². The monoisotopic (exact) mass is 538 g/mol. The van der Waals surface area contributed by atoms with Gasteiger partial charge in [0.2, 0.25) is 0 Å². The van der Waals surface area contributed by atoms with Gasteiger partial charge in [-0.3, -0.25) is 0 Å². The second-order valence-electron chi connectivity index (χ2n) is 6.88. The number of benzene rings is 2. The van der Waals surface area contributed by atoms with Crippen molar-refractivity contribution in [3.05, 3.63) is 60.4 Å². The van der Waals surface area contributed by atoms with E-state index in [0.29, 0.717) is 29.0 Å². The number of rotatable bonds is 8. The van der Waals surface area contributed by atoms with Crippen molar-refractivity contribution in [3.8, 4) is 6.07 Å². The molecule has 0 radical (unpaired) electrons. The van der Waals surface area contributed by atoms with Gasteiger partial charge in [-0.05, 0) is 53.2 Å². The number of alkyl halides is 3. The van der Waals surface area contributed by atoms with Crippen LogP contribution in [0.15, 0.2) is 64.6 Å². The number of hydroxylamine groups is 1. The lowest BCUT2D eigenvalue weighted by molar-refractivity contribution is -0.219. The quantitative estimate of drug-likeness (QED) is 0.317. The number of carbonyl (C=O) groups is 1. The van der Waals surface area contributed by atoms with Crippen molar-refractivity contribution in [2.45, 2.75) is 16.0 Å². The molecule has 2 N–H and O–H groups in total. The van der Waals surface area contributed by atoms with Crippen LogP contribution < -0.4 is 10.6 Å². The first-order chi connectivity index (χ1) is 16.9. The van der Waals surface area contributed by atoms with Crippen LogP contribution in [0.3, 0.4) is 0 Å². The van der Waals surface area contributed by atoms with E-state index in [1.807, 2.05) is 6.07 Å². The zero-order valence-electron chi connectivity index (χ0n) is 18.6. The van der Waals surface area contributed by atoms with Gasteiger partial charge in [-0.15, -0.1) is 11.8 Å². The minimum atomic E-state index is -5.37. The van der Waals surface area contributed by atoms with E-state index in [0.717, 1.165) is 0 Å². The van der Waals surface area contributed by atoms with Crippen molar-refractivity contribution in [2.24, 2.45) is 0 Å². The van der Waals surface area contributed by atoms with Crippen molar-refractivity contribution >= 4 is 50.8 Å². The van der Waals surface area contributed by atoms with Crippen molar-refractivity contribution in [3.63, 3.8) is 0 Å². The first-order valence-electron chi connectivity index (χ1n) is 9.76. The molecule has 0 aliphatic carbocycles. The van der Waals surface area contributed by atoms with Gasteiger partial charge in [0, 0.05) is 23.7 Å².